The van der Waals surface area contributed by atoms with E-state index < -0.39 is 11.5 Å². The van der Waals surface area contributed by atoms with Gasteiger partial charge >= 0.3 is 6.03 Å². The summed E-state index contributed by atoms with van der Waals surface area (Å²) in [7, 11) is 0. The van der Waals surface area contributed by atoms with Gasteiger partial charge in [0.05, 0.1) is 6.04 Å². The molecule has 6 nitrogen and oxygen atoms in total. The van der Waals surface area contributed by atoms with E-state index in [0.717, 1.165) is 44.8 Å². The van der Waals surface area contributed by atoms with Crippen molar-refractivity contribution in [2.24, 2.45) is 5.41 Å². The van der Waals surface area contributed by atoms with Crippen molar-refractivity contribution in [3.8, 4) is 0 Å². The Bertz CT molecular complexity index is 766. The molecule has 1 saturated carbocycles. The number of rotatable bonds is 6. The van der Waals surface area contributed by atoms with Gasteiger partial charge in [-0.3, -0.25) is 4.79 Å². The van der Waals surface area contributed by atoms with Gasteiger partial charge in [0, 0.05) is 12.1 Å². The Labute approximate surface area is 186 Å². The summed E-state index contributed by atoms with van der Waals surface area (Å²) in [4.78, 5) is 39.5. The van der Waals surface area contributed by atoms with E-state index >= 15 is 0 Å². The predicted octanol–water partition coefficient (Wildman–Crippen LogP) is 3.84. The average molecular weight is 428 g/mol. The molecule has 2 atom stereocenters. The second-order valence-electron chi connectivity index (χ2n) is 10.3. The zero-order valence-electron chi connectivity index (χ0n) is 19.2. The van der Waals surface area contributed by atoms with Gasteiger partial charge in [-0.1, -0.05) is 70.4 Å². The Morgan fingerprint density at radius 2 is 1.81 bits per heavy atom. The lowest BCUT2D eigenvalue weighted by molar-refractivity contribution is -0.138. The van der Waals surface area contributed by atoms with E-state index in [9.17, 15) is 14.4 Å². The van der Waals surface area contributed by atoms with Crippen LogP contribution in [-0.2, 0) is 16.0 Å². The summed E-state index contributed by atoms with van der Waals surface area (Å²) in [6, 6.07) is 8.89. The van der Waals surface area contributed by atoms with Crippen molar-refractivity contribution < 1.29 is 14.4 Å². The van der Waals surface area contributed by atoms with E-state index in [0.29, 0.717) is 13.0 Å². The number of hydrogen-bond donors (Lipinski definition) is 2. The van der Waals surface area contributed by atoms with Crippen LogP contribution < -0.4 is 10.6 Å². The Balaban J connectivity index is 1.74. The topological polar surface area (TPSA) is 78.5 Å². The summed E-state index contributed by atoms with van der Waals surface area (Å²) in [5, 5.41) is 6.24. The fraction of sp³-hybridized carbons (Fsp3) is 0.640. The number of amides is 3. The molecule has 1 aliphatic heterocycles. The first-order chi connectivity index (χ1) is 14.7. The van der Waals surface area contributed by atoms with E-state index in [1.807, 2.05) is 39.0 Å². The first-order valence-electron chi connectivity index (χ1n) is 11.6. The van der Waals surface area contributed by atoms with E-state index in [1.165, 1.54) is 12.0 Å². The highest BCUT2D eigenvalue weighted by molar-refractivity contribution is 5.89. The number of aldehydes is 1. The lowest BCUT2D eigenvalue weighted by Gasteiger charge is -2.40. The normalized spacial score (nSPS) is 21.9. The molecule has 3 amide bonds. The molecule has 2 unspecified atom stereocenters. The molecule has 1 aliphatic carbocycles. The number of nitrogens with zero attached hydrogens (tertiary/aromatic N) is 1. The first kappa shape index (κ1) is 23.3. The van der Waals surface area contributed by atoms with Crippen molar-refractivity contribution in [1.29, 1.82) is 0 Å². The summed E-state index contributed by atoms with van der Waals surface area (Å²) >= 11 is 0. The van der Waals surface area contributed by atoms with Crippen LogP contribution in [0.3, 0.4) is 0 Å². The molecular formula is C25H37N3O3. The molecule has 170 valence electrons. The molecule has 1 aromatic carbocycles. The molecular weight excluding hydrogens is 390 g/mol. The van der Waals surface area contributed by atoms with Crippen LogP contribution in [-0.4, -0.2) is 47.3 Å². The van der Waals surface area contributed by atoms with Crippen molar-refractivity contribution in [1.82, 2.24) is 15.5 Å². The number of carbonyl (C=O) groups excluding carboxylic acids is 3. The molecule has 0 bridgehead atoms. The van der Waals surface area contributed by atoms with E-state index in [-0.39, 0.29) is 23.5 Å². The third kappa shape index (κ3) is 5.86. The van der Waals surface area contributed by atoms with Gasteiger partial charge in [-0.15, -0.1) is 0 Å². The zero-order valence-corrected chi connectivity index (χ0v) is 19.2. The minimum Gasteiger partial charge on any atom is -0.332 e. The van der Waals surface area contributed by atoms with Gasteiger partial charge in [-0.25, -0.2) is 4.79 Å². The summed E-state index contributed by atoms with van der Waals surface area (Å²) in [5.74, 6) is -0.169. The number of carbonyl (C=O) groups is 3. The highest BCUT2D eigenvalue weighted by atomic mass is 16.2. The van der Waals surface area contributed by atoms with Gasteiger partial charge in [0.2, 0.25) is 5.91 Å². The second kappa shape index (κ2) is 9.84. The van der Waals surface area contributed by atoms with Crippen molar-refractivity contribution in [2.75, 3.05) is 6.54 Å². The minimum absolute atomic E-state index is 0.169. The molecule has 31 heavy (non-hydrogen) atoms. The maximum atomic E-state index is 13.3. The Kier molecular flexibility index (Phi) is 7.39. The highest BCUT2D eigenvalue weighted by Crippen LogP contribution is 2.32. The lowest BCUT2D eigenvalue weighted by atomic mass is 9.77. The molecule has 0 radical (unpaired) electrons. The second-order valence-corrected chi connectivity index (χ2v) is 10.3. The standard InChI is InChI=1S/C25H37N3O3/c1-24(2,3)21(22(30)28-16-10-13-20(28)18-29)26-23(31)27-25(14-8-5-9-15-25)17-19-11-6-4-7-12-19/h4,6-7,11-12,18,20-21H,5,8-10,13-17H2,1-3H3,(H2,26,27,31). The number of likely N-dealkylation sites (tertiary alicyclic amines) is 1. The maximum Gasteiger partial charge on any atom is 0.315 e. The predicted molar refractivity (Wildman–Crippen MR) is 122 cm³/mol. The summed E-state index contributed by atoms with van der Waals surface area (Å²) in [6.07, 6.45) is 8.37. The average Bonchev–Trinajstić information content (AvgIpc) is 3.21. The van der Waals surface area contributed by atoms with Gasteiger partial charge in [0.15, 0.2) is 0 Å². The number of nitrogens with one attached hydrogen (secondary N) is 2. The molecule has 2 aliphatic rings. The molecule has 1 heterocycles. The van der Waals surface area contributed by atoms with Crippen molar-refractivity contribution >= 4 is 18.2 Å². The van der Waals surface area contributed by atoms with Crippen LogP contribution >= 0.6 is 0 Å². The largest absolute Gasteiger partial charge is 0.332 e. The van der Waals surface area contributed by atoms with E-state index in [4.69, 9.17) is 0 Å². The maximum absolute atomic E-state index is 13.3. The molecule has 0 spiro atoms. The van der Waals surface area contributed by atoms with Gasteiger partial charge < -0.3 is 20.3 Å². The van der Waals surface area contributed by atoms with Crippen molar-refractivity contribution in [3.63, 3.8) is 0 Å². The summed E-state index contributed by atoms with van der Waals surface area (Å²) in [6.45, 7) is 6.41. The molecule has 0 aromatic heterocycles. The summed E-state index contributed by atoms with van der Waals surface area (Å²) in [5.41, 5.74) is 0.441. The monoisotopic (exact) mass is 427 g/mol. The third-order valence-corrected chi connectivity index (χ3v) is 6.70. The number of benzene rings is 1. The van der Waals surface area contributed by atoms with Crippen LogP contribution in [0.15, 0.2) is 30.3 Å². The fourth-order valence-electron chi connectivity index (χ4n) is 4.99. The molecule has 1 saturated heterocycles. The summed E-state index contributed by atoms with van der Waals surface area (Å²) < 4.78 is 0. The third-order valence-electron chi connectivity index (χ3n) is 6.70. The Morgan fingerprint density at radius 1 is 1.13 bits per heavy atom. The number of urea groups is 1. The zero-order chi connectivity index (χ0) is 22.5. The van der Waals surface area contributed by atoms with Crippen LogP contribution in [0, 0.1) is 5.41 Å². The SMILES string of the molecule is CC(C)(C)C(NC(=O)NC1(Cc2ccccc2)CCCCC1)C(=O)N1CCCC1C=O. The van der Waals surface area contributed by atoms with Gasteiger partial charge in [0.25, 0.3) is 0 Å². The van der Waals surface area contributed by atoms with Crippen LogP contribution in [0.2, 0.25) is 0 Å². The highest BCUT2D eigenvalue weighted by Gasteiger charge is 2.41. The lowest BCUT2D eigenvalue weighted by Crippen LogP contribution is -2.61. The first-order valence-corrected chi connectivity index (χ1v) is 11.6. The Morgan fingerprint density at radius 3 is 2.42 bits per heavy atom. The van der Waals surface area contributed by atoms with Crippen LogP contribution in [0.5, 0.6) is 0 Å². The van der Waals surface area contributed by atoms with E-state index in [1.54, 1.807) is 4.90 Å². The molecule has 2 fully saturated rings. The van der Waals surface area contributed by atoms with Crippen molar-refractivity contribution in [3.05, 3.63) is 35.9 Å². The Hall–Kier alpha value is -2.37. The minimum atomic E-state index is -0.689. The van der Waals surface area contributed by atoms with Crippen LogP contribution in [0.4, 0.5) is 4.79 Å². The van der Waals surface area contributed by atoms with Crippen LogP contribution in [0.1, 0.15) is 71.3 Å². The number of hydrogen-bond acceptors (Lipinski definition) is 3. The fourth-order valence-corrected chi connectivity index (χ4v) is 4.99. The van der Waals surface area contributed by atoms with Crippen molar-refractivity contribution in [2.45, 2.75) is 89.8 Å². The smallest absolute Gasteiger partial charge is 0.315 e. The van der Waals surface area contributed by atoms with Gasteiger partial charge in [-0.2, -0.15) is 0 Å². The molecule has 2 N–H and O–H groups in total. The quantitative estimate of drug-likeness (QED) is 0.677. The molecule has 1 aromatic rings. The van der Waals surface area contributed by atoms with Gasteiger partial charge in [-0.05, 0) is 43.1 Å². The van der Waals surface area contributed by atoms with Crippen LogP contribution in [0.25, 0.3) is 0 Å². The van der Waals surface area contributed by atoms with E-state index in [2.05, 4.69) is 22.8 Å². The molecule has 6 heteroatoms. The molecule has 3 rings (SSSR count). The van der Waals surface area contributed by atoms with Gasteiger partial charge in [0.1, 0.15) is 12.3 Å².